The van der Waals surface area contributed by atoms with Crippen molar-refractivity contribution < 1.29 is 27.1 Å². The van der Waals surface area contributed by atoms with E-state index >= 15 is 8.78 Å². The third kappa shape index (κ3) is 4.05. The monoisotopic (exact) mass is 656 g/mol. The number of nitrogen functional groups attached to an aromatic ring is 1. The second-order valence-corrected chi connectivity index (χ2v) is 14.3. The smallest absolute Gasteiger partial charge is 0.319 e. The van der Waals surface area contributed by atoms with Crippen LogP contribution in [0.2, 0.25) is 0 Å². The summed E-state index contributed by atoms with van der Waals surface area (Å²) < 4.78 is 67.6. The molecule has 0 saturated carbocycles. The first-order valence-corrected chi connectivity index (χ1v) is 16.9. The molecule has 48 heavy (non-hydrogen) atoms. The molecule has 12 heteroatoms. The minimum absolute atomic E-state index is 0.0137. The molecule has 7 heterocycles. The van der Waals surface area contributed by atoms with Crippen LogP contribution >= 0.6 is 0 Å². The van der Waals surface area contributed by atoms with Crippen molar-refractivity contribution in [2.45, 2.75) is 68.9 Å². The Morgan fingerprint density at radius 1 is 1.10 bits per heavy atom. The molecule has 5 aliphatic heterocycles. The van der Waals surface area contributed by atoms with Crippen molar-refractivity contribution in [2.24, 2.45) is 0 Å². The standard InChI is InChI=1S/C36H35F3N6O3/c1-17-9-22-26(48-17)6-3-18-10-20(40)11-23(27(18)22)28-30(38)32-29-33(31(28)39)46-15-25-24-5-4-21(41-24)14-45(25)34(29)43-35(42-32)47-16-36-7-2-8-44(36)13-19(37)12-36/h3,6,9-11,19,21,24-25,41H,2,4-5,7-8,12-16,40H2,1H3/t19-,21?,24?,25?,36+/m1/s1. The predicted molar refractivity (Wildman–Crippen MR) is 176 cm³/mol. The number of anilines is 2. The molecule has 3 aromatic carbocycles. The number of fused-ring (bicyclic) bond motifs is 9. The van der Waals surface area contributed by atoms with Crippen molar-refractivity contribution in [3.63, 3.8) is 0 Å². The summed E-state index contributed by atoms with van der Waals surface area (Å²) in [7, 11) is 0. The van der Waals surface area contributed by atoms with Crippen molar-refractivity contribution in [3.8, 4) is 22.9 Å². The fourth-order valence-corrected chi connectivity index (χ4v) is 9.37. The van der Waals surface area contributed by atoms with E-state index in [0.717, 1.165) is 43.0 Å². The van der Waals surface area contributed by atoms with Crippen LogP contribution in [0.15, 0.2) is 34.7 Å². The van der Waals surface area contributed by atoms with Crippen LogP contribution in [0.5, 0.6) is 11.8 Å². The number of ether oxygens (including phenoxy) is 2. The lowest BCUT2D eigenvalue weighted by molar-refractivity contribution is 0.107. The molecule has 3 N–H and O–H groups in total. The first-order valence-electron chi connectivity index (χ1n) is 16.9. The van der Waals surface area contributed by atoms with E-state index in [1.54, 1.807) is 12.1 Å². The van der Waals surface area contributed by atoms with Gasteiger partial charge in [-0.05, 0) is 74.4 Å². The van der Waals surface area contributed by atoms with E-state index in [2.05, 4.69) is 20.1 Å². The predicted octanol–water partition coefficient (Wildman–Crippen LogP) is 6.02. The van der Waals surface area contributed by atoms with Crippen molar-refractivity contribution in [3.05, 3.63) is 47.7 Å². The zero-order valence-electron chi connectivity index (χ0n) is 26.5. The van der Waals surface area contributed by atoms with Crippen molar-refractivity contribution in [1.29, 1.82) is 0 Å². The number of nitrogens with two attached hydrogens (primary N) is 1. The van der Waals surface area contributed by atoms with Crippen LogP contribution in [0.25, 0.3) is 43.8 Å². The lowest BCUT2D eigenvalue weighted by atomic mass is 9.93. The number of nitrogens with zero attached hydrogens (tertiary/aromatic N) is 4. The molecular formula is C36H35F3N6O3. The molecule has 0 spiro atoms. The molecule has 10 rings (SSSR count). The van der Waals surface area contributed by atoms with Crippen LogP contribution in [-0.2, 0) is 0 Å². The number of halogens is 3. The summed E-state index contributed by atoms with van der Waals surface area (Å²) in [4.78, 5) is 13.8. The average molecular weight is 657 g/mol. The average Bonchev–Trinajstić information content (AvgIpc) is 3.79. The highest BCUT2D eigenvalue weighted by molar-refractivity contribution is 6.15. The Kier molecular flexibility index (Phi) is 6.05. The molecule has 5 atom stereocenters. The topological polar surface area (TPSA) is 102 Å². The van der Waals surface area contributed by atoms with Crippen LogP contribution < -0.4 is 25.4 Å². The molecule has 248 valence electrons. The highest BCUT2D eigenvalue weighted by Gasteiger charge is 2.50. The Morgan fingerprint density at radius 3 is 2.90 bits per heavy atom. The summed E-state index contributed by atoms with van der Waals surface area (Å²) in [6, 6.07) is 9.08. The van der Waals surface area contributed by atoms with Gasteiger partial charge in [-0.2, -0.15) is 9.97 Å². The van der Waals surface area contributed by atoms with Gasteiger partial charge in [0.05, 0.1) is 22.5 Å². The molecule has 5 aromatic rings. The Labute approximate surface area is 274 Å². The molecule has 2 bridgehead atoms. The number of piperazine rings is 1. The summed E-state index contributed by atoms with van der Waals surface area (Å²) >= 11 is 0. The lowest BCUT2D eigenvalue weighted by Gasteiger charge is -2.40. The van der Waals surface area contributed by atoms with E-state index < -0.39 is 23.3 Å². The molecule has 4 saturated heterocycles. The van der Waals surface area contributed by atoms with Gasteiger partial charge in [-0.1, -0.05) is 6.07 Å². The largest absolute Gasteiger partial charge is 0.487 e. The summed E-state index contributed by atoms with van der Waals surface area (Å²) in [5.41, 5.74) is 6.77. The number of furan rings is 1. The van der Waals surface area contributed by atoms with Crippen LogP contribution in [-0.4, -0.2) is 77.6 Å². The maximum atomic E-state index is 17.3. The fraction of sp³-hybridized carbons (Fsp3) is 0.444. The van der Waals surface area contributed by atoms with E-state index in [4.69, 9.17) is 24.6 Å². The van der Waals surface area contributed by atoms with Gasteiger partial charge in [-0.25, -0.2) is 13.2 Å². The second kappa shape index (κ2) is 10.1. The summed E-state index contributed by atoms with van der Waals surface area (Å²) in [6.45, 7) is 4.02. The van der Waals surface area contributed by atoms with E-state index in [1.807, 2.05) is 25.1 Å². The first kappa shape index (κ1) is 28.7. The Morgan fingerprint density at radius 2 is 2.00 bits per heavy atom. The number of hydrogen-bond donors (Lipinski definition) is 2. The first-order chi connectivity index (χ1) is 23.3. The summed E-state index contributed by atoms with van der Waals surface area (Å²) in [5.74, 6) is -0.697. The highest BCUT2D eigenvalue weighted by atomic mass is 19.1. The molecule has 0 amide bonds. The lowest BCUT2D eigenvalue weighted by Crippen LogP contribution is -2.60. The van der Waals surface area contributed by atoms with Gasteiger partial charge in [0.25, 0.3) is 0 Å². The summed E-state index contributed by atoms with van der Waals surface area (Å²) in [6.07, 6.45) is 3.17. The van der Waals surface area contributed by atoms with Gasteiger partial charge in [0, 0.05) is 48.1 Å². The molecule has 5 aliphatic rings. The molecule has 0 aliphatic carbocycles. The molecule has 3 unspecified atom stereocenters. The minimum Gasteiger partial charge on any atom is -0.487 e. The highest BCUT2D eigenvalue weighted by Crippen LogP contribution is 2.49. The zero-order chi connectivity index (χ0) is 32.5. The molecule has 9 nitrogen and oxygen atoms in total. The SMILES string of the molecule is Cc1cc2c(ccc3cc(N)cc(-c4c(F)c5c6c(nc(OC[C@@]78CCCN7C[C@H](F)C8)nc6c4F)N4CC6CCC(N6)C4CO5)c32)o1. The number of alkyl halides is 1. The van der Waals surface area contributed by atoms with Crippen molar-refractivity contribution >= 4 is 44.1 Å². The van der Waals surface area contributed by atoms with Crippen LogP contribution in [0.4, 0.5) is 24.7 Å². The maximum absolute atomic E-state index is 17.3. The number of hydrogen-bond acceptors (Lipinski definition) is 9. The molecule has 2 aromatic heterocycles. The van der Waals surface area contributed by atoms with Crippen LogP contribution in [0.3, 0.4) is 0 Å². The van der Waals surface area contributed by atoms with Crippen LogP contribution in [0, 0.1) is 18.6 Å². The number of rotatable bonds is 4. The van der Waals surface area contributed by atoms with E-state index in [1.165, 1.54) is 0 Å². The number of nitrogens with one attached hydrogen (secondary N) is 1. The normalized spacial score (nSPS) is 27.9. The second-order valence-electron chi connectivity index (χ2n) is 14.3. The molecule has 0 radical (unpaired) electrons. The fourth-order valence-electron chi connectivity index (χ4n) is 9.37. The number of aryl methyl sites for hydroxylation is 1. The third-order valence-electron chi connectivity index (χ3n) is 11.4. The Balaban J connectivity index is 1.20. The van der Waals surface area contributed by atoms with E-state index in [-0.39, 0.29) is 65.1 Å². The van der Waals surface area contributed by atoms with Crippen molar-refractivity contribution in [2.75, 3.05) is 43.5 Å². The summed E-state index contributed by atoms with van der Waals surface area (Å²) in [5, 5.41) is 5.91. The Bertz CT molecular complexity index is 2170. The minimum atomic E-state index is -0.922. The van der Waals surface area contributed by atoms with Gasteiger partial charge < -0.3 is 29.8 Å². The van der Waals surface area contributed by atoms with Crippen molar-refractivity contribution in [1.82, 2.24) is 20.2 Å². The van der Waals surface area contributed by atoms with Gasteiger partial charge in [0.2, 0.25) is 0 Å². The van der Waals surface area contributed by atoms with Gasteiger partial charge in [-0.3, -0.25) is 4.90 Å². The maximum Gasteiger partial charge on any atom is 0.319 e. The molecule has 4 fully saturated rings. The van der Waals surface area contributed by atoms with Gasteiger partial charge in [0.1, 0.15) is 42.1 Å². The van der Waals surface area contributed by atoms with E-state index in [0.29, 0.717) is 47.7 Å². The quantitative estimate of drug-likeness (QED) is 0.225. The van der Waals surface area contributed by atoms with Crippen LogP contribution in [0.1, 0.15) is 37.9 Å². The molecular weight excluding hydrogens is 621 g/mol. The van der Waals surface area contributed by atoms with Gasteiger partial charge in [0.15, 0.2) is 17.4 Å². The van der Waals surface area contributed by atoms with E-state index in [9.17, 15) is 4.39 Å². The van der Waals surface area contributed by atoms with Gasteiger partial charge in [-0.15, -0.1) is 0 Å². The van der Waals surface area contributed by atoms with Gasteiger partial charge >= 0.3 is 6.01 Å². The third-order valence-corrected chi connectivity index (χ3v) is 11.4. The Hall–Kier alpha value is -4.29. The number of aromatic nitrogens is 2. The number of benzene rings is 3. The zero-order valence-corrected chi connectivity index (χ0v) is 26.5.